The van der Waals surface area contributed by atoms with Crippen LogP contribution in [-0.4, -0.2) is 46.4 Å². The van der Waals surface area contributed by atoms with E-state index in [0.29, 0.717) is 64.8 Å². The summed E-state index contributed by atoms with van der Waals surface area (Å²) in [5, 5.41) is 9.73. The molecule has 0 atom stereocenters. The molecule has 12 heteroatoms. The van der Waals surface area contributed by atoms with E-state index in [1.165, 1.54) is 29.9 Å². The molecule has 5 heterocycles. The number of rotatable bonds is 4. The van der Waals surface area contributed by atoms with Gasteiger partial charge in [0.25, 0.3) is 12.3 Å². The van der Waals surface area contributed by atoms with E-state index in [9.17, 15) is 23.2 Å². The van der Waals surface area contributed by atoms with Crippen molar-refractivity contribution >= 4 is 34.3 Å². The van der Waals surface area contributed by atoms with Crippen molar-refractivity contribution in [1.29, 1.82) is 5.26 Å². The van der Waals surface area contributed by atoms with Gasteiger partial charge in [-0.25, -0.2) is 15.2 Å². The lowest BCUT2D eigenvalue weighted by Crippen LogP contribution is -2.37. The molecule has 1 fully saturated rings. The number of methoxy groups -OCH3 is 1. The number of halogens is 3. The van der Waals surface area contributed by atoms with Gasteiger partial charge in [-0.3, -0.25) is 14.3 Å². The van der Waals surface area contributed by atoms with Gasteiger partial charge >= 0.3 is 6.18 Å². The molecule has 204 valence electrons. The van der Waals surface area contributed by atoms with E-state index in [2.05, 4.69) is 15.9 Å². The van der Waals surface area contributed by atoms with E-state index < -0.39 is 17.3 Å². The zero-order valence-electron chi connectivity index (χ0n) is 21.9. The van der Waals surface area contributed by atoms with Gasteiger partial charge in [0.15, 0.2) is 0 Å². The highest BCUT2D eigenvalue weighted by atomic mass is 19.4. The minimum absolute atomic E-state index is 0.0323. The number of nitriles is 1. The maximum absolute atomic E-state index is 14.4. The van der Waals surface area contributed by atoms with E-state index in [0.717, 1.165) is 6.07 Å². The van der Waals surface area contributed by atoms with Gasteiger partial charge in [-0.15, -0.1) is 0 Å². The Hall–Kier alpha value is -4.92. The molecular formula is C29H22BF3N6O2. The molecule has 0 N–H and O–H groups in total. The quantitative estimate of drug-likeness (QED) is 0.217. The molecule has 6 rings (SSSR count). The summed E-state index contributed by atoms with van der Waals surface area (Å²) in [6, 6.07) is 13.8. The summed E-state index contributed by atoms with van der Waals surface area (Å²) in [5.74, 6) is 2.64. The lowest BCUT2D eigenvalue weighted by atomic mass is 9.45. The van der Waals surface area contributed by atoms with Crippen LogP contribution in [0.4, 0.5) is 18.9 Å². The van der Waals surface area contributed by atoms with Crippen LogP contribution < -0.4 is 15.2 Å². The first-order chi connectivity index (χ1) is 19.8. The zero-order valence-corrected chi connectivity index (χ0v) is 21.9. The minimum atomic E-state index is -4.66. The second kappa shape index (κ2) is 10.2. The molecule has 1 aromatic carbocycles. The van der Waals surface area contributed by atoms with Crippen molar-refractivity contribution in [2.24, 2.45) is 0 Å². The van der Waals surface area contributed by atoms with Crippen molar-refractivity contribution in [3.05, 3.63) is 82.9 Å². The molecule has 0 amide bonds. The summed E-state index contributed by atoms with van der Waals surface area (Å²) in [4.78, 5) is 28.4. The monoisotopic (exact) mass is 554 g/mol. The van der Waals surface area contributed by atoms with Crippen LogP contribution in [-0.2, 0) is 6.18 Å². The van der Waals surface area contributed by atoms with Crippen LogP contribution >= 0.6 is 0 Å². The third-order valence-electron chi connectivity index (χ3n) is 7.37. The van der Waals surface area contributed by atoms with Gasteiger partial charge in [0.05, 0.1) is 35.1 Å². The first-order valence-corrected chi connectivity index (χ1v) is 12.9. The number of alkyl halides is 3. The van der Waals surface area contributed by atoms with Crippen LogP contribution in [0.3, 0.4) is 0 Å². The third kappa shape index (κ3) is 4.84. The number of anilines is 1. The van der Waals surface area contributed by atoms with Crippen LogP contribution in [0, 0.1) is 11.2 Å². The average Bonchev–Trinajstić information content (AvgIpc) is 3.00. The lowest BCUT2D eigenvalue weighted by molar-refractivity contribution is -0.137. The highest BCUT2D eigenvalue weighted by Crippen LogP contribution is 2.39. The molecule has 1 aliphatic heterocycles. The molecule has 0 saturated carbocycles. The normalized spacial score (nSPS) is 13.9. The summed E-state index contributed by atoms with van der Waals surface area (Å²) in [6.07, 6.45) is -0.499. The minimum Gasteiger partial charge on any atom is -0.481 e. The number of hydrogen-bond donors (Lipinski definition) is 0. The lowest BCUT2D eigenvalue weighted by Gasteiger charge is -2.32. The summed E-state index contributed by atoms with van der Waals surface area (Å²) in [6.45, 7) is 0.526. The van der Waals surface area contributed by atoms with Crippen LogP contribution in [0.1, 0.15) is 5.56 Å². The largest absolute Gasteiger partial charge is 0.481 e. The Kier molecular flexibility index (Phi) is 6.57. The summed E-state index contributed by atoms with van der Waals surface area (Å²) < 4.78 is 49.6. The number of fused-ring (bicyclic) bond motifs is 3. The predicted octanol–water partition coefficient (Wildman–Crippen LogP) is 5.40. The van der Waals surface area contributed by atoms with Gasteiger partial charge in [0, 0.05) is 60.2 Å². The molecule has 0 radical (unpaired) electrons. The molecule has 4 aromatic heterocycles. The number of nitrogens with zero attached hydrogens (tertiary/aromatic N) is 6. The van der Waals surface area contributed by atoms with Gasteiger partial charge in [0.2, 0.25) is 5.88 Å². The Morgan fingerprint density at radius 3 is 2.49 bits per heavy atom. The average molecular weight is 554 g/mol. The van der Waals surface area contributed by atoms with Crippen LogP contribution in [0.2, 0.25) is 12.6 Å². The first kappa shape index (κ1) is 26.3. The van der Waals surface area contributed by atoms with Crippen LogP contribution in [0.25, 0.3) is 38.9 Å². The molecule has 0 aliphatic carbocycles. The third-order valence-corrected chi connectivity index (χ3v) is 7.37. The maximum Gasteiger partial charge on any atom is 0.418 e. The Labute approximate surface area is 232 Å². The Bertz CT molecular complexity index is 1880. The predicted molar refractivity (Wildman–Crippen MR) is 151 cm³/mol. The van der Waals surface area contributed by atoms with E-state index >= 15 is 0 Å². The second-order valence-corrected chi connectivity index (χ2v) is 9.81. The van der Waals surface area contributed by atoms with Crippen molar-refractivity contribution in [1.82, 2.24) is 19.5 Å². The molecule has 8 nitrogen and oxygen atoms in total. The van der Waals surface area contributed by atoms with Crippen molar-refractivity contribution in [3.8, 4) is 28.8 Å². The Morgan fingerprint density at radius 2 is 1.80 bits per heavy atom. The van der Waals surface area contributed by atoms with E-state index in [-0.39, 0.29) is 18.1 Å². The van der Waals surface area contributed by atoms with Crippen molar-refractivity contribution in [3.63, 3.8) is 0 Å². The number of hydrogen-bond acceptors (Lipinski definition) is 7. The Morgan fingerprint density at radius 1 is 1.00 bits per heavy atom. The molecular weight excluding hydrogens is 532 g/mol. The van der Waals surface area contributed by atoms with Gasteiger partial charge in [-0.1, -0.05) is 0 Å². The number of aromatic nitrogens is 4. The standard InChI is InChI=1S/C29H22BF3N6O2/c1-41-25-8-2-18(15-36-25)22-5-6-23-27(37-22)28-19(16-35-23)3-9-26(40)39(28)20-4-7-24(21(14-20)29(31,32)33)38-12-10-30(17-34)11-13-38/h2-9,14-16H,10-13H2,1H3. The number of pyridine rings is 4. The van der Waals surface area contributed by atoms with Crippen molar-refractivity contribution in [2.75, 3.05) is 25.1 Å². The summed E-state index contributed by atoms with van der Waals surface area (Å²) in [5.41, 5.74) is 1.19. The van der Waals surface area contributed by atoms with Gasteiger partial charge < -0.3 is 9.64 Å². The van der Waals surface area contributed by atoms with Gasteiger partial charge in [0.1, 0.15) is 5.52 Å². The van der Waals surface area contributed by atoms with Crippen LogP contribution in [0.5, 0.6) is 5.88 Å². The fourth-order valence-corrected chi connectivity index (χ4v) is 5.26. The zero-order chi connectivity index (χ0) is 28.7. The molecule has 41 heavy (non-hydrogen) atoms. The summed E-state index contributed by atoms with van der Waals surface area (Å²) >= 11 is 0. The smallest absolute Gasteiger partial charge is 0.418 e. The van der Waals surface area contributed by atoms with Gasteiger partial charge in [-0.05, 0) is 55.1 Å². The highest BCUT2D eigenvalue weighted by Gasteiger charge is 2.36. The SMILES string of the molecule is COc1ccc(-c2ccc3ncc4ccc(=O)n(-c5ccc(N6CCB(C#N)CC6)c(C(F)(F)F)c5)c4c3n2)cn1. The van der Waals surface area contributed by atoms with E-state index in [4.69, 9.17) is 9.72 Å². The molecule has 0 bridgehead atoms. The van der Waals surface area contributed by atoms with Crippen molar-refractivity contribution in [2.45, 2.75) is 18.8 Å². The fraction of sp³-hybridized carbons (Fsp3) is 0.207. The number of benzene rings is 1. The fourth-order valence-electron chi connectivity index (χ4n) is 5.26. The van der Waals surface area contributed by atoms with Gasteiger partial charge in [-0.2, -0.15) is 13.2 Å². The molecule has 5 aromatic rings. The van der Waals surface area contributed by atoms with E-state index in [1.807, 2.05) is 0 Å². The van der Waals surface area contributed by atoms with Crippen LogP contribution in [0.15, 0.2) is 71.8 Å². The highest BCUT2D eigenvalue weighted by molar-refractivity contribution is 6.67. The molecule has 0 spiro atoms. The summed E-state index contributed by atoms with van der Waals surface area (Å²) in [7, 11) is 1.51. The first-order valence-electron chi connectivity index (χ1n) is 12.9. The van der Waals surface area contributed by atoms with E-state index in [1.54, 1.807) is 47.6 Å². The Balaban J connectivity index is 1.54. The second-order valence-electron chi connectivity index (χ2n) is 9.81. The molecule has 1 saturated heterocycles. The van der Waals surface area contributed by atoms with Crippen molar-refractivity contribution < 1.29 is 17.9 Å². The molecule has 0 unspecified atom stereocenters. The number of ether oxygens (including phenoxy) is 1. The molecule has 1 aliphatic rings. The maximum atomic E-state index is 14.4. The topological polar surface area (TPSA) is 96.9 Å².